The number of piperazine rings is 1. The number of piperidine rings is 1. The lowest BCUT2D eigenvalue weighted by atomic mass is 10.1. The smallest absolute Gasteiger partial charge is 0.0345 e. The van der Waals surface area contributed by atoms with E-state index in [0.717, 1.165) is 12.6 Å². The van der Waals surface area contributed by atoms with Crippen LogP contribution in [-0.2, 0) is 0 Å². The van der Waals surface area contributed by atoms with E-state index in [4.69, 9.17) is 0 Å². The normalized spacial score (nSPS) is 31.9. The van der Waals surface area contributed by atoms with Gasteiger partial charge in [0.25, 0.3) is 0 Å². The molecule has 0 aliphatic carbocycles. The van der Waals surface area contributed by atoms with Crippen LogP contribution in [0.3, 0.4) is 0 Å². The van der Waals surface area contributed by atoms with Gasteiger partial charge in [0.15, 0.2) is 0 Å². The lowest BCUT2D eigenvalue weighted by Crippen LogP contribution is -2.54. The van der Waals surface area contributed by atoms with Gasteiger partial charge in [-0.3, -0.25) is 4.90 Å². The average Bonchev–Trinajstić information content (AvgIpc) is 2.23. The van der Waals surface area contributed by atoms with Crippen LogP contribution in [0.2, 0.25) is 0 Å². The molecule has 0 amide bonds. The topological polar surface area (TPSA) is 18.5 Å². The average molecular weight is 197 g/mol. The van der Waals surface area contributed by atoms with E-state index in [1.807, 2.05) is 0 Å². The molecule has 0 radical (unpaired) electrons. The molecule has 2 aliphatic rings. The van der Waals surface area contributed by atoms with Gasteiger partial charge in [-0.2, -0.15) is 0 Å². The second kappa shape index (κ2) is 5.10. The zero-order chi connectivity index (χ0) is 9.80. The van der Waals surface area contributed by atoms with E-state index in [-0.39, 0.29) is 0 Å². The maximum Gasteiger partial charge on any atom is 0.0345 e. The molecule has 2 aliphatic heterocycles. The number of nitrogens with one attached hydrogen (secondary N) is 1. The summed E-state index contributed by atoms with van der Waals surface area (Å²) >= 11 is 0. The molecule has 0 spiro atoms. The first-order valence-corrected chi connectivity index (χ1v) is 5.99. The Hall–Kier alpha value is -0.120. The fraction of sp³-hybridized carbons (Fsp3) is 1.00. The largest absolute Gasteiger partial charge is 0.314 e. The molecule has 0 bridgehead atoms. The molecule has 2 rings (SSSR count). The maximum absolute atomic E-state index is 3.49. The molecule has 2 fully saturated rings. The fourth-order valence-corrected chi connectivity index (χ4v) is 2.51. The molecule has 1 N–H and O–H groups in total. The molecule has 0 saturated carbocycles. The molecular weight excluding hydrogens is 174 g/mol. The van der Waals surface area contributed by atoms with Crippen LogP contribution in [0.4, 0.5) is 0 Å². The first-order chi connectivity index (χ1) is 6.86. The molecule has 2 heterocycles. The van der Waals surface area contributed by atoms with Crippen LogP contribution >= 0.6 is 0 Å². The highest BCUT2D eigenvalue weighted by atomic mass is 15.2. The van der Waals surface area contributed by atoms with Gasteiger partial charge in [-0.1, -0.05) is 6.42 Å². The van der Waals surface area contributed by atoms with Gasteiger partial charge in [-0.05, 0) is 33.0 Å². The Morgan fingerprint density at radius 1 is 1.14 bits per heavy atom. The van der Waals surface area contributed by atoms with Gasteiger partial charge >= 0.3 is 0 Å². The Kier molecular flexibility index (Phi) is 3.79. The lowest BCUT2D eigenvalue weighted by molar-refractivity contribution is 0.126. The molecule has 82 valence electrons. The van der Waals surface area contributed by atoms with Crippen LogP contribution in [-0.4, -0.2) is 62.2 Å². The monoisotopic (exact) mass is 197 g/mol. The third-order valence-corrected chi connectivity index (χ3v) is 3.56. The van der Waals surface area contributed by atoms with Gasteiger partial charge in [0.05, 0.1) is 0 Å². The van der Waals surface area contributed by atoms with Crippen molar-refractivity contribution in [2.75, 3.05) is 46.3 Å². The summed E-state index contributed by atoms with van der Waals surface area (Å²) in [7, 11) is 2.26. The summed E-state index contributed by atoms with van der Waals surface area (Å²) in [5, 5.41) is 3.49. The molecule has 14 heavy (non-hydrogen) atoms. The van der Waals surface area contributed by atoms with Gasteiger partial charge in [0.2, 0.25) is 0 Å². The zero-order valence-corrected chi connectivity index (χ0v) is 9.34. The molecular formula is C11H23N3. The molecule has 1 unspecified atom stereocenters. The molecule has 3 heteroatoms. The van der Waals surface area contributed by atoms with Crippen molar-refractivity contribution in [1.82, 2.24) is 15.1 Å². The molecule has 0 aromatic rings. The minimum atomic E-state index is 0.738. The van der Waals surface area contributed by atoms with Gasteiger partial charge in [0, 0.05) is 32.2 Å². The summed E-state index contributed by atoms with van der Waals surface area (Å²) in [5.74, 6) is 0. The second-order valence-electron chi connectivity index (χ2n) is 4.70. The van der Waals surface area contributed by atoms with Crippen LogP contribution in [0.1, 0.15) is 19.3 Å². The van der Waals surface area contributed by atoms with Crippen LogP contribution in [0.5, 0.6) is 0 Å². The third kappa shape index (κ3) is 2.69. The van der Waals surface area contributed by atoms with Crippen molar-refractivity contribution in [1.29, 1.82) is 0 Å². The van der Waals surface area contributed by atoms with Crippen molar-refractivity contribution in [3.8, 4) is 0 Å². The van der Waals surface area contributed by atoms with Crippen molar-refractivity contribution in [2.24, 2.45) is 0 Å². The Morgan fingerprint density at radius 2 is 1.93 bits per heavy atom. The van der Waals surface area contributed by atoms with Gasteiger partial charge in [-0.25, -0.2) is 0 Å². The van der Waals surface area contributed by atoms with Crippen molar-refractivity contribution in [2.45, 2.75) is 25.3 Å². The Bertz CT molecular complexity index is 166. The predicted molar refractivity (Wildman–Crippen MR) is 59.6 cm³/mol. The summed E-state index contributed by atoms with van der Waals surface area (Å²) in [6.45, 7) is 7.46. The number of rotatable bonds is 2. The summed E-state index contributed by atoms with van der Waals surface area (Å²) in [4.78, 5) is 5.14. The molecule has 1 atom stereocenters. The van der Waals surface area contributed by atoms with Crippen LogP contribution < -0.4 is 5.32 Å². The highest BCUT2D eigenvalue weighted by molar-refractivity contribution is 4.81. The van der Waals surface area contributed by atoms with Crippen molar-refractivity contribution in [3.63, 3.8) is 0 Å². The first kappa shape index (κ1) is 10.4. The van der Waals surface area contributed by atoms with E-state index < -0.39 is 0 Å². The van der Waals surface area contributed by atoms with E-state index in [1.165, 1.54) is 52.0 Å². The second-order valence-corrected chi connectivity index (χ2v) is 4.70. The number of likely N-dealkylation sites (tertiary alicyclic amines) is 1. The number of hydrogen-bond acceptors (Lipinski definition) is 3. The minimum absolute atomic E-state index is 0.738. The van der Waals surface area contributed by atoms with E-state index >= 15 is 0 Å². The van der Waals surface area contributed by atoms with E-state index in [2.05, 4.69) is 22.2 Å². The standard InChI is InChI=1S/C11H23N3/c1-13-8-5-12-9-11(13)10-14-6-3-2-4-7-14/h11-12H,2-10H2,1H3. The predicted octanol–water partition coefficient (Wildman–Crippen LogP) is 0.376. The summed E-state index contributed by atoms with van der Waals surface area (Å²) in [6, 6.07) is 0.738. The van der Waals surface area contributed by atoms with Crippen molar-refractivity contribution < 1.29 is 0 Å². The van der Waals surface area contributed by atoms with Gasteiger partial charge < -0.3 is 10.2 Å². The molecule has 2 saturated heterocycles. The quantitative estimate of drug-likeness (QED) is 0.690. The Balaban J connectivity index is 1.76. The third-order valence-electron chi connectivity index (χ3n) is 3.56. The minimum Gasteiger partial charge on any atom is -0.314 e. The summed E-state index contributed by atoms with van der Waals surface area (Å²) in [6.07, 6.45) is 4.25. The van der Waals surface area contributed by atoms with E-state index in [1.54, 1.807) is 0 Å². The lowest BCUT2D eigenvalue weighted by Gasteiger charge is -2.37. The van der Waals surface area contributed by atoms with Crippen molar-refractivity contribution in [3.05, 3.63) is 0 Å². The Morgan fingerprint density at radius 3 is 2.64 bits per heavy atom. The van der Waals surface area contributed by atoms with Crippen LogP contribution in [0.15, 0.2) is 0 Å². The van der Waals surface area contributed by atoms with Crippen molar-refractivity contribution >= 4 is 0 Å². The highest BCUT2D eigenvalue weighted by Gasteiger charge is 2.21. The zero-order valence-electron chi connectivity index (χ0n) is 9.34. The summed E-state index contributed by atoms with van der Waals surface area (Å²) in [5.41, 5.74) is 0. The Labute approximate surface area is 87.4 Å². The highest BCUT2D eigenvalue weighted by Crippen LogP contribution is 2.11. The molecule has 0 aromatic heterocycles. The number of hydrogen-bond donors (Lipinski definition) is 1. The number of nitrogens with zero attached hydrogens (tertiary/aromatic N) is 2. The molecule has 3 nitrogen and oxygen atoms in total. The maximum atomic E-state index is 3.49. The first-order valence-electron chi connectivity index (χ1n) is 5.99. The van der Waals surface area contributed by atoms with Crippen LogP contribution in [0, 0.1) is 0 Å². The number of likely N-dealkylation sites (N-methyl/N-ethyl adjacent to an activating group) is 1. The fourth-order valence-electron chi connectivity index (χ4n) is 2.51. The van der Waals surface area contributed by atoms with E-state index in [0.29, 0.717) is 0 Å². The summed E-state index contributed by atoms with van der Waals surface area (Å²) < 4.78 is 0. The van der Waals surface area contributed by atoms with E-state index in [9.17, 15) is 0 Å². The van der Waals surface area contributed by atoms with Gasteiger partial charge in [0.1, 0.15) is 0 Å². The van der Waals surface area contributed by atoms with Gasteiger partial charge in [-0.15, -0.1) is 0 Å². The molecule has 0 aromatic carbocycles. The SMILES string of the molecule is CN1CCNCC1CN1CCCCC1. The van der Waals surface area contributed by atoms with Crippen LogP contribution in [0.25, 0.3) is 0 Å².